The second-order valence-electron chi connectivity index (χ2n) is 8.18. The molecular weight excluding hydrogens is 468 g/mol. The molecule has 3 aromatic carbocycles. The SMILES string of the molecule is SC(CC1OC(CC(S)c2ccccc2)OC(CC(S)c2ccccc2)O1)c1ccccc1. The van der Waals surface area contributed by atoms with Gasteiger partial charge in [-0.3, -0.25) is 0 Å². The smallest absolute Gasteiger partial charge is 0.165 e. The van der Waals surface area contributed by atoms with Crippen molar-refractivity contribution in [1.82, 2.24) is 0 Å². The largest absolute Gasteiger partial charge is 0.324 e. The highest BCUT2D eigenvalue weighted by molar-refractivity contribution is 7.80. The Hall–Kier alpha value is -1.41. The van der Waals surface area contributed by atoms with Crippen LogP contribution in [0.1, 0.15) is 51.7 Å². The fraction of sp³-hybridized carbons (Fsp3) is 0.333. The second kappa shape index (κ2) is 12.3. The van der Waals surface area contributed by atoms with Gasteiger partial charge in [-0.25, -0.2) is 0 Å². The fourth-order valence-electron chi connectivity index (χ4n) is 3.92. The number of thiol groups is 3. The first kappa shape index (κ1) is 24.7. The van der Waals surface area contributed by atoms with E-state index < -0.39 is 18.9 Å². The van der Waals surface area contributed by atoms with Crippen molar-refractivity contribution in [3.8, 4) is 0 Å². The lowest BCUT2D eigenvalue weighted by molar-refractivity contribution is -0.385. The zero-order valence-electron chi connectivity index (χ0n) is 18.3. The van der Waals surface area contributed by atoms with Gasteiger partial charge in [0.1, 0.15) is 0 Å². The van der Waals surface area contributed by atoms with E-state index in [0.717, 1.165) is 16.7 Å². The van der Waals surface area contributed by atoms with Crippen LogP contribution in [0.4, 0.5) is 0 Å². The van der Waals surface area contributed by atoms with Crippen LogP contribution in [0.15, 0.2) is 91.0 Å². The number of hydrogen-bond acceptors (Lipinski definition) is 6. The quantitative estimate of drug-likeness (QED) is 0.272. The van der Waals surface area contributed by atoms with Gasteiger partial charge in [0.2, 0.25) is 0 Å². The number of benzene rings is 3. The van der Waals surface area contributed by atoms with E-state index in [-0.39, 0.29) is 15.7 Å². The van der Waals surface area contributed by atoms with Crippen molar-refractivity contribution in [1.29, 1.82) is 0 Å². The molecule has 174 valence electrons. The van der Waals surface area contributed by atoms with Crippen molar-refractivity contribution in [2.24, 2.45) is 0 Å². The Bertz CT molecular complexity index is 825. The average molecular weight is 499 g/mol. The van der Waals surface area contributed by atoms with Gasteiger partial charge in [-0.1, -0.05) is 91.0 Å². The van der Waals surface area contributed by atoms with Crippen LogP contribution >= 0.6 is 37.9 Å². The minimum absolute atomic E-state index is 0.00237. The molecule has 33 heavy (non-hydrogen) atoms. The molecule has 0 spiro atoms. The third-order valence-corrected chi connectivity index (χ3v) is 7.24. The number of hydrogen-bond donors (Lipinski definition) is 3. The fourth-order valence-corrected chi connectivity index (χ4v) is 4.95. The minimum Gasteiger partial charge on any atom is -0.324 e. The molecule has 3 nitrogen and oxygen atoms in total. The summed E-state index contributed by atoms with van der Waals surface area (Å²) in [7, 11) is 0. The lowest BCUT2D eigenvalue weighted by Gasteiger charge is -2.38. The third kappa shape index (κ3) is 7.28. The molecule has 0 saturated carbocycles. The van der Waals surface area contributed by atoms with Gasteiger partial charge in [0, 0.05) is 35.0 Å². The van der Waals surface area contributed by atoms with Crippen molar-refractivity contribution in [2.45, 2.75) is 53.9 Å². The molecule has 0 bridgehead atoms. The summed E-state index contributed by atoms with van der Waals surface area (Å²) >= 11 is 14.4. The molecule has 0 radical (unpaired) electrons. The molecule has 0 aromatic heterocycles. The van der Waals surface area contributed by atoms with Crippen molar-refractivity contribution in [3.05, 3.63) is 108 Å². The molecule has 3 atom stereocenters. The van der Waals surface area contributed by atoms with Crippen molar-refractivity contribution >= 4 is 37.9 Å². The molecule has 0 amide bonds. The van der Waals surface area contributed by atoms with Crippen LogP contribution in [0.2, 0.25) is 0 Å². The minimum atomic E-state index is -0.427. The van der Waals surface area contributed by atoms with E-state index in [1.54, 1.807) is 0 Å². The molecule has 0 N–H and O–H groups in total. The lowest BCUT2D eigenvalue weighted by Crippen LogP contribution is -2.41. The van der Waals surface area contributed by atoms with E-state index >= 15 is 0 Å². The number of ether oxygens (including phenoxy) is 3. The highest BCUT2D eigenvalue weighted by Crippen LogP contribution is 2.36. The molecule has 3 aromatic rings. The summed E-state index contributed by atoms with van der Waals surface area (Å²) in [5, 5.41) is -0.00710. The summed E-state index contributed by atoms with van der Waals surface area (Å²) in [5.41, 5.74) is 3.42. The summed E-state index contributed by atoms with van der Waals surface area (Å²) in [4.78, 5) is 0. The monoisotopic (exact) mass is 498 g/mol. The Balaban J connectivity index is 1.44. The first-order valence-corrected chi connectivity index (χ1v) is 12.8. The van der Waals surface area contributed by atoms with Crippen molar-refractivity contribution in [3.63, 3.8) is 0 Å². The van der Waals surface area contributed by atoms with Crippen LogP contribution in [0.3, 0.4) is 0 Å². The Morgan fingerprint density at radius 1 is 0.455 bits per heavy atom. The summed E-state index contributed by atoms with van der Waals surface area (Å²) < 4.78 is 18.7. The van der Waals surface area contributed by atoms with Gasteiger partial charge in [-0.15, -0.1) is 0 Å². The average Bonchev–Trinajstić information content (AvgIpc) is 2.85. The van der Waals surface area contributed by atoms with Gasteiger partial charge in [0.25, 0.3) is 0 Å². The molecule has 0 aliphatic carbocycles. The molecule has 1 fully saturated rings. The second-order valence-corrected chi connectivity index (χ2v) is 10.1. The summed E-state index contributed by atoms with van der Waals surface area (Å²) in [6.45, 7) is 0. The first-order valence-electron chi connectivity index (χ1n) is 11.2. The predicted molar refractivity (Wildman–Crippen MR) is 143 cm³/mol. The maximum Gasteiger partial charge on any atom is 0.165 e. The normalized spacial score (nSPS) is 23.5. The van der Waals surface area contributed by atoms with Gasteiger partial charge in [-0.05, 0) is 16.7 Å². The summed E-state index contributed by atoms with van der Waals surface area (Å²) in [6.07, 6.45) is 0.579. The Morgan fingerprint density at radius 3 is 0.939 bits per heavy atom. The van der Waals surface area contributed by atoms with Crippen LogP contribution in [0.5, 0.6) is 0 Å². The van der Waals surface area contributed by atoms with Gasteiger partial charge in [0.15, 0.2) is 18.9 Å². The van der Waals surface area contributed by atoms with Gasteiger partial charge in [0.05, 0.1) is 0 Å². The van der Waals surface area contributed by atoms with E-state index in [1.165, 1.54) is 0 Å². The van der Waals surface area contributed by atoms with Gasteiger partial charge >= 0.3 is 0 Å². The van der Waals surface area contributed by atoms with Crippen LogP contribution in [0.25, 0.3) is 0 Å². The zero-order chi connectivity index (χ0) is 23.0. The Morgan fingerprint density at radius 2 is 0.697 bits per heavy atom. The van der Waals surface area contributed by atoms with Crippen LogP contribution in [0, 0.1) is 0 Å². The molecule has 1 heterocycles. The lowest BCUT2D eigenvalue weighted by atomic mass is 10.1. The van der Waals surface area contributed by atoms with Crippen LogP contribution < -0.4 is 0 Å². The topological polar surface area (TPSA) is 27.7 Å². The standard InChI is InChI=1S/C27H30O3S3/c31-22(19-10-4-1-5-11-19)16-25-28-26(17-23(32)20-12-6-2-7-13-20)30-27(29-25)18-24(33)21-14-8-3-9-15-21/h1-15,22-27,31-33H,16-18H2. The predicted octanol–water partition coefficient (Wildman–Crippen LogP) is 7.21. The third-order valence-electron chi connectivity index (χ3n) is 5.71. The summed E-state index contributed by atoms with van der Waals surface area (Å²) in [5.74, 6) is 0. The summed E-state index contributed by atoms with van der Waals surface area (Å²) in [6, 6.07) is 30.6. The molecule has 1 saturated heterocycles. The first-order chi connectivity index (χ1) is 16.1. The highest BCUT2D eigenvalue weighted by atomic mass is 32.1. The van der Waals surface area contributed by atoms with Crippen LogP contribution in [-0.2, 0) is 14.2 Å². The molecule has 1 aliphatic rings. The van der Waals surface area contributed by atoms with Crippen molar-refractivity contribution in [2.75, 3.05) is 0 Å². The van der Waals surface area contributed by atoms with E-state index in [9.17, 15) is 0 Å². The molecular formula is C27H30O3S3. The Labute approximate surface area is 213 Å². The van der Waals surface area contributed by atoms with E-state index in [1.807, 2.05) is 54.6 Å². The zero-order valence-corrected chi connectivity index (χ0v) is 21.0. The van der Waals surface area contributed by atoms with Crippen molar-refractivity contribution < 1.29 is 14.2 Å². The van der Waals surface area contributed by atoms with E-state index in [2.05, 4.69) is 36.4 Å². The molecule has 6 heteroatoms. The molecule has 1 aliphatic heterocycles. The number of rotatable bonds is 9. The van der Waals surface area contributed by atoms with Crippen LogP contribution in [-0.4, -0.2) is 18.9 Å². The van der Waals surface area contributed by atoms with Gasteiger partial charge in [-0.2, -0.15) is 37.9 Å². The van der Waals surface area contributed by atoms with E-state index in [0.29, 0.717) is 19.3 Å². The highest BCUT2D eigenvalue weighted by Gasteiger charge is 2.34. The van der Waals surface area contributed by atoms with E-state index in [4.69, 9.17) is 52.1 Å². The maximum absolute atomic E-state index is 6.22. The molecule has 4 rings (SSSR count). The molecule has 3 unspecified atom stereocenters. The van der Waals surface area contributed by atoms with Gasteiger partial charge < -0.3 is 14.2 Å². The Kier molecular flexibility index (Phi) is 9.24. The maximum atomic E-state index is 6.22.